The van der Waals surface area contributed by atoms with E-state index in [9.17, 15) is 1.37 Å². The molecule has 51 heavy (non-hydrogen) atoms. The van der Waals surface area contributed by atoms with Gasteiger partial charge in [-0.15, -0.1) is 0 Å². The van der Waals surface area contributed by atoms with Crippen LogP contribution in [0.5, 0.6) is 0 Å². The van der Waals surface area contributed by atoms with Gasteiger partial charge in [0.2, 0.25) is 0 Å². The number of rotatable bonds is 4. The molecule has 11 aromatic rings. The standard InChI is InChI=1S/C48H30N2O/c1-2-12-31(13-3-1)32-14-10-15-33(28-32)34-24-27-46-40(29-34)48-45(22-11-23-47(48)51-46)50-43-21-9-6-18-38(43)39-30-35(25-26-44(39)50)49-41-19-7-4-16-36(41)37-17-5-8-20-42(37)49/h1-30H/i1D,2D,3D,10D,12D,13D,14D,15D,28D. The Bertz CT molecular complexity index is 3590. The fourth-order valence-corrected chi connectivity index (χ4v) is 7.70. The van der Waals surface area contributed by atoms with Crippen LogP contribution in [-0.4, -0.2) is 9.13 Å². The molecule has 0 spiro atoms. The summed E-state index contributed by atoms with van der Waals surface area (Å²) in [7, 11) is 0. The number of fused-ring (bicyclic) bond motifs is 9. The molecule has 0 unspecified atom stereocenters. The van der Waals surface area contributed by atoms with Crippen molar-refractivity contribution in [2.45, 2.75) is 0 Å². The molecule has 0 saturated heterocycles. The first-order valence-electron chi connectivity index (χ1n) is 21.2. The number of furan rings is 1. The largest absolute Gasteiger partial charge is 0.456 e. The molecule has 0 amide bonds. The van der Waals surface area contributed by atoms with Gasteiger partial charge in [-0.1, -0.05) is 115 Å². The summed E-state index contributed by atoms with van der Waals surface area (Å²) >= 11 is 0. The highest BCUT2D eigenvalue weighted by atomic mass is 16.3. The molecule has 11 rings (SSSR count). The predicted molar refractivity (Wildman–Crippen MR) is 213 cm³/mol. The zero-order valence-electron chi connectivity index (χ0n) is 35.9. The van der Waals surface area contributed by atoms with Gasteiger partial charge >= 0.3 is 0 Å². The summed E-state index contributed by atoms with van der Waals surface area (Å²) in [5.41, 5.74) is 7.00. The van der Waals surface area contributed by atoms with E-state index in [0.717, 1.165) is 49.6 Å². The highest BCUT2D eigenvalue weighted by Gasteiger charge is 2.20. The van der Waals surface area contributed by atoms with Crippen LogP contribution < -0.4 is 0 Å². The Labute approximate surface area is 306 Å². The molecule has 0 saturated carbocycles. The number of hydrogen-bond acceptors (Lipinski definition) is 1. The molecule has 3 aromatic heterocycles. The Morgan fingerprint density at radius 2 is 1.04 bits per heavy atom. The summed E-state index contributed by atoms with van der Waals surface area (Å²) in [6, 6.07) is 38.0. The second-order valence-electron chi connectivity index (χ2n) is 12.6. The van der Waals surface area contributed by atoms with Gasteiger partial charge < -0.3 is 13.6 Å². The number of aromatic nitrogens is 2. The van der Waals surface area contributed by atoms with Gasteiger partial charge in [0, 0.05) is 32.6 Å². The van der Waals surface area contributed by atoms with E-state index in [2.05, 4.69) is 88.0 Å². The molecule has 0 aliphatic rings. The third-order valence-electron chi connectivity index (χ3n) is 9.87. The summed E-state index contributed by atoms with van der Waals surface area (Å²) in [5, 5.41) is 5.97. The highest BCUT2D eigenvalue weighted by molar-refractivity contribution is 6.16. The van der Waals surface area contributed by atoms with Gasteiger partial charge in [-0.2, -0.15) is 0 Å². The van der Waals surface area contributed by atoms with Crippen molar-refractivity contribution in [1.82, 2.24) is 9.13 Å². The molecule has 0 fully saturated rings. The molecule has 8 aromatic carbocycles. The lowest BCUT2D eigenvalue weighted by Gasteiger charge is -2.11. The molecule has 0 radical (unpaired) electrons. The van der Waals surface area contributed by atoms with Gasteiger partial charge in [0.15, 0.2) is 0 Å². The van der Waals surface area contributed by atoms with E-state index >= 15 is 0 Å². The van der Waals surface area contributed by atoms with Crippen molar-refractivity contribution < 1.29 is 16.8 Å². The van der Waals surface area contributed by atoms with Crippen LogP contribution in [0, 0.1) is 0 Å². The molecule has 3 heteroatoms. The van der Waals surface area contributed by atoms with Gasteiger partial charge in [0.25, 0.3) is 0 Å². The van der Waals surface area contributed by atoms with Crippen LogP contribution in [0.25, 0.3) is 99.2 Å². The molecule has 3 nitrogen and oxygen atoms in total. The van der Waals surface area contributed by atoms with Crippen molar-refractivity contribution >= 4 is 65.6 Å². The van der Waals surface area contributed by atoms with Crippen molar-refractivity contribution in [3.63, 3.8) is 0 Å². The molecular formula is C48H30N2O. The maximum Gasteiger partial charge on any atom is 0.137 e. The second-order valence-corrected chi connectivity index (χ2v) is 12.6. The number of benzene rings is 8. The van der Waals surface area contributed by atoms with Crippen LogP contribution in [0.4, 0.5) is 0 Å². The smallest absolute Gasteiger partial charge is 0.137 e. The third kappa shape index (κ3) is 4.19. The number of hydrogen-bond donors (Lipinski definition) is 0. The van der Waals surface area contributed by atoms with Gasteiger partial charge in [-0.05, 0) is 89.0 Å². The van der Waals surface area contributed by atoms with Gasteiger partial charge in [0.1, 0.15) is 11.2 Å². The minimum Gasteiger partial charge on any atom is -0.456 e. The Balaban J connectivity index is 1.15. The summed E-state index contributed by atoms with van der Waals surface area (Å²) in [6.45, 7) is 0. The summed E-state index contributed by atoms with van der Waals surface area (Å²) in [5.74, 6) is 0. The Morgan fingerprint density at radius 1 is 0.412 bits per heavy atom. The minimum atomic E-state index is -0.611. The van der Waals surface area contributed by atoms with Crippen molar-refractivity contribution in [2.24, 2.45) is 0 Å². The van der Waals surface area contributed by atoms with Crippen LogP contribution in [0.3, 0.4) is 0 Å². The predicted octanol–water partition coefficient (Wildman–Crippen LogP) is 13.1. The van der Waals surface area contributed by atoms with Crippen LogP contribution in [0.1, 0.15) is 12.3 Å². The zero-order valence-corrected chi connectivity index (χ0v) is 26.9. The van der Waals surface area contributed by atoms with E-state index in [0.29, 0.717) is 22.1 Å². The monoisotopic (exact) mass is 659 g/mol. The summed E-state index contributed by atoms with van der Waals surface area (Å²) in [6.07, 6.45) is 0. The lowest BCUT2D eigenvalue weighted by Crippen LogP contribution is -1.96. The second kappa shape index (κ2) is 10.8. The molecule has 0 bridgehead atoms. The first-order valence-corrected chi connectivity index (χ1v) is 16.7. The molecule has 3 heterocycles. The minimum absolute atomic E-state index is 0.000922. The van der Waals surface area contributed by atoms with Crippen molar-refractivity contribution in [3.8, 4) is 33.6 Å². The van der Waals surface area contributed by atoms with Crippen molar-refractivity contribution in [3.05, 3.63) is 182 Å². The lowest BCUT2D eigenvalue weighted by atomic mass is 9.98. The van der Waals surface area contributed by atoms with Gasteiger partial charge in [-0.3, -0.25) is 0 Å². The Kier molecular flexibility index (Phi) is 4.38. The normalized spacial score (nSPS) is 14.4. The Morgan fingerprint density at radius 3 is 1.78 bits per heavy atom. The average Bonchev–Trinajstić information content (AvgIpc) is 3.93. The zero-order chi connectivity index (χ0) is 41.3. The van der Waals surface area contributed by atoms with Crippen molar-refractivity contribution in [1.29, 1.82) is 0 Å². The Hall–Kier alpha value is -6.84. The molecule has 0 aliphatic heterocycles. The first kappa shape index (κ1) is 20.6. The quantitative estimate of drug-likeness (QED) is 0.184. The van der Waals surface area contributed by atoms with E-state index in [1.165, 1.54) is 10.8 Å². The highest BCUT2D eigenvalue weighted by Crippen LogP contribution is 2.41. The van der Waals surface area contributed by atoms with E-state index in [4.69, 9.17) is 15.4 Å². The molecule has 0 N–H and O–H groups in total. The SMILES string of the molecule is [2H]c1c([2H])c([2H])c(-c2c([2H])c([2H])c([2H])c(-c3ccc4oc5cccc(-n6c7ccccc7c7cc(-n8c9ccccc9c9ccccc98)ccc76)c5c4c3)c2[2H])c([2H])c1[2H]. The topological polar surface area (TPSA) is 23.0 Å². The maximum absolute atomic E-state index is 9.33. The molecular weight excluding hydrogens is 621 g/mol. The number of para-hydroxylation sites is 3. The van der Waals surface area contributed by atoms with Crippen LogP contribution in [-0.2, 0) is 0 Å². The van der Waals surface area contributed by atoms with Crippen LogP contribution in [0.15, 0.2) is 186 Å². The van der Waals surface area contributed by atoms with E-state index in [1.807, 2.05) is 30.3 Å². The van der Waals surface area contributed by atoms with E-state index in [1.54, 1.807) is 18.2 Å². The van der Waals surface area contributed by atoms with E-state index in [-0.39, 0.29) is 28.8 Å². The lowest BCUT2D eigenvalue weighted by molar-refractivity contribution is 0.669. The van der Waals surface area contributed by atoms with Crippen molar-refractivity contribution in [2.75, 3.05) is 0 Å². The average molecular weight is 660 g/mol. The summed E-state index contributed by atoms with van der Waals surface area (Å²) in [4.78, 5) is 0. The molecule has 0 aliphatic carbocycles. The fourth-order valence-electron chi connectivity index (χ4n) is 7.70. The van der Waals surface area contributed by atoms with Crippen LogP contribution in [0.2, 0.25) is 0 Å². The fraction of sp³-hybridized carbons (Fsp3) is 0. The van der Waals surface area contributed by atoms with E-state index < -0.39 is 42.3 Å². The molecule has 0 atom stereocenters. The van der Waals surface area contributed by atoms with Gasteiger partial charge in [0.05, 0.1) is 45.5 Å². The number of nitrogens with zero attached hydrogens (tertiary/aromatic N) is 2. The third-order valence-corrected chi connectivity index (χ3v) is 9.87. The maximum atomic E-state index is 9.33. The first-order chi connectivity index (χ1) is 29.0. The molecule has 238 valence electrons. The summed E-state index contributed by atoms with van der Waals surface area (Å²) < 4.78 is 88.5. The van der Waals surface area contributed by atoms with Crippen LogP contribution >= 0.6 is 0 Å². The van der Waals surface area contributed by atoms with Gasteiger partial charge in [-0.25, -0.2) is 0 Å².